The highest BCUT2D eigenvalue weighted by molar-refractivity contribution is 6.04. The molecule has 2 aliphatic rings. The van der Waals surface area contributed by atoms with Gasteiger partial charge in [0.2, 0.25) is 5.91 Å². The number of anilines is 1. The van der Waals surface area contributed by atoms with Crippen LogP contribution in [-0.4, -0.2) is 58.4 Å². The molecule has 210 valence electrons. The fourth-order valence-corrected chi connectivity index (χ4v) is 6.88. The molecule has 5 aromatic rings. The van der Waals surface area contributed by atoms with Gasteiger partial charge in [0.05, 0.1) is 11.7 Å². The SMILES string of the molecule is CC(C(=O)N1CCN(c2ccccc2)CC1)N1C(=O)c2ccccc2C1c1c(-c2ccccc2)n(C)c2ccccc12. The maximum Gasteiger partial charge on any atom is 0.255 e. The van der Waals surface area contributed by atoms with Gasteiger partial charge in [-0.1, -0.05) is 84.9 Å². The van der Waals surface area contributed by atoms with Crippen LogP contribution in [0.15, 0.2) is 109 Å². The first-order chi connectivity index (χ1) is 20.5. The zero-order chi connectivity index (χ0) is 28.8. The number of hydrogen-bond acceptors (Lipinski definition) is 3. The Morgan fingerprint density at radius 2 is 1.38 bits per heavy atom. The summed E-state index contributed by atoms with van der Waals surface area (Å²) in [6.07, 6.45) is 0. The Hall–Kier alpha value is -4.84. The van der Waals surface area contributed by atoms with E-state index in [4.69, 9.17) is 0 Å². The number of amides is 2. The van der Waals surface area contributed by atoms with Crippen molar-refractivity contribution >= 4 is 28.4 Å². The zero-order valence-electron chi connectivity index (χ0n) is 24.0. The standard InChI is InChI=1S/C36H34N4O2/c1-25(35(41)39-23-21-38(22-24-39)27-15-7-4-8-16-27)40-34(28-17-9-10-18-29(28)36(40)42)32-30-19-11-12-20-31(30)37(2)33(32)26-13-5-3-6-14-26/h3-20,25,34H,21-24H2,1-2H3. The molecule has 42 heavy (non-hydrogen) atoms. The van der Waals surface area contributed by atoms with Crippen molar-refractivity contribution in [2.24, 2.45) is 7.05 Å². The van der Waals surface area contributed by atoms with E-state index in [1.54, 1.807) is 0 Å². The molecule has 0 bridgehead atoms. The number of rotatable bonds is 5. The lowest BCUT2D eigenvalue weighted by atomic mass is 9.92. The number of aromatic nitrogens is 1. The van der Waals surface area contributed by atoms with Crippen LogP contribution in [0.2, 0.25) is 0 Å². The second-order valence-electron chi connectivity index (χ2n) is 11.2. The third-order valence-corrected chi connectivity index (χ3v) is 8.95. The molecule has 4 aromatic carbocycles. The van der Waals surface area contributed by atoms with Gasteiger partial charge in [-0.05, 0) is 42.3 Å². The monoisotopic (exact) mass is 554 g/mol. The largest absolute Gasteiger partial charge is 0.368 e. The number of aryl methyl sites for hydroxylation is 1. The fraction of sp³-hybridized carbons (Fsp3) is 0.222. The number of piperazine rings is 1. The van der Waals surface area contributed by atoms with E-state index in [2.05, 4.69) is 59.0 Å². The number of carbonyl (C=O) groups excluding carboxylic acids is 2. The van der Waals surface area contributed by atoms with Crippen molar-refractivity contribution in [2.45, 2.75) is 19.0 Å². The number of fused-ring (bicyclic) bond motifs is 2. The van der Waals surface area contributed by atoms with E-state index in [0.29, 0.717) is 18.7 Å². The Balaban J connectivity index is 1.29. The molecule has 7 rings (SSSR count). The molecule has 2 amide bonds. The van der Waals surface area contributed by atoms with Gasteiger partial charge in [0, 0.05) is 60.9 Å². The van der Waals surface area contributed by atoms with E-state index in [1.807, 2.05) is 83.5 Å². The summed E-state index contributed by atoms with van der Waals surface area (Å²) in [5.41, 5.74) is 7.09. The van der Waals surface area contributed by atoms with Crippen molar-refractivity contribution in [1.29, 1.82) is 0 Å². The lowest BCUT2D eigenvalue weighted by Gasteiger charge is -2.39. The molecule has 6 nitrogen and oxygen atoms in total. The van der Waals surface area contributed by atoms with Crippen molar-refractivity contribution in [3.05, 3.63) is 126 Å². The summed E-state index contributed by atoms with van der Waals surface area (Å²) >= 11 is 0. The molecule has 2 unspecified atom stereocenters. The molecule has 1 fully saturated rings. The molecule has 0 spiro atoms. The van der Waals surface area contributed by atoms with Crippen LogP contribution >= 0.6 is 0 Å². The number of benzene rings is 4. The third-order valence-electron chi connectivity index (χ3n) is 8.95. The molecule has 0 N–H and O–H groups in total. The number of nitrogens with zero attached hydrogens (tertiary/aromatic N) is 4. The third kappa shape index (κ3) is 4.17. The topological polar surface area (TPSA) is 48.8 Å². The average molecular weight is 555 g/mol. The van der Waals surface area contributed by atoms with Crippen LogP contribution in [0.4, 0.5) is 5.69 Å². The normalized spacial score (nSPS) is 17.5. The minimum atomic E-state index is -0.624. The van der Waals surface area contributed by atoms with Gasteiger partial charge in [-0.2, -0.15) is 0 Å². The van der Waals surface area contributed by atoms with Crippen LogP contribution in [0.3, 0.4) is 0 Å². The van der Waals surface area contributed by atoms with Crippen molar-refractivity contribution in [3.63, 3.8) is 0 Å². The Labute approximate surface area is 246 Å². The van der Waals surface area contributed by atoms with Gasteiger partial charge in [0.25, 0.3) is 5.91 Å². The number of para-hydroxylation sites is 2. The molecule has 0 aliphatic carbocycles. The molecular weight excluding hydrogens is 520 g/mol. The Kier molecular flexibility index (Phi) is 6.54. The highest BCUT2D eigenvalue weighted by atomic mass is 16.2. The quantitative estimate of drug-likeness (QED) is 0.263. The molecule has 3 heterocycles. The van der Waals surface area contributed by atoms with Crippen LogP contribution in [0.5, 0.6) is 0 Å². The highest BCUT2D eigenvalue weighted by Gasteiger charge is 2.45. The predicted octanol–water partition coefficient (Wildman–Crippen LogP) is 6.13. The predicted molar refractivity (Wildman–Crippen MR) is 168 cm³/mol. The number of carbonyl (C=O) groups is 2. The fourth-order valence-electron chi connectivity index (χ4n) is 6.88. The summed E-state index contributed by atoms with van der Waals surface area (Å²) in [6, 6.07) is 35.9. The van der Waals surface area contributed by atoms with Crippen molar-refractivity contribution in [2.75, 3.05) is 31.1 Å². The molecule has 1 aromatic heterocycles. The maximum absolute atomic E-state index is 14.2. The number of hydrogen-bond donors (Lipinski definition) is 0. The molecule has 2 atom stereocenters. The molecule has 1 saturated heterocycles. The minimum Gasteiger partial charge on any atom is -0.368 e. The summed E-state index contributed by atoms with van der Waals surface area (Å²) in [5.74, 6) is -0.0957. The van der Waals surface area contributed by atoms with Gasteiger partial charge in [0.1, 0.15) is 6.04 Å². The van der Waals surface area contributed by atoms with Crippen molar-refractivity contribution < 1.29 is 9.59 Å². The van der Waals surface area contributed by atoms with Crippen molar-refractivity contribution in [3.8, 4) is 11.3 Å². The summed E-state index contributed by atoms with van der Waals surface area (Å²) in [5, 5.41) is 1.09. The molecule has 0 radical (unpaired) electrons. The van der Waals surface area contributed by atoms with Gasteiger partial charge < -0.3 is 19.3 Å². The molecule has 6 heteroatoms. The summed E-state index contributed by atoms with van der Waals surface area (Å²) in [7, 11) is 2.09. The van der Waals surface area contributed by atoms with Gasteiger partial charge in [-0.15, -0.1) is 0 Å². The summed E-state index contributed by atoms with van der Waals surface area (Å²) in [6.45, 7) is 4.68. The second kappa shape index (κ2) is 10.5. The average Bonchev–Trinajstić information content (AvgIpc) is 3.51. The van der Waals surface area contributed by atoms with Gasteiger partial charge in [-0.3, -0.25) is 9.59 Å². The van der Waals surface area contributed by atoms with E-state index in [0.717, 1.165) is 46.4 Å². The van der Waals surface area contributed by atoms with Gasteiger partial charge in [-0.25, -0.2) is 0 Å². The highest BCUT2D eigenvalue weighted by Crippen LogP contribution is 2.47. The van der Waals surface area contributed by atoms with Crippen LogP contribution in [0.25, 0.3) is 22.2 Å². The van der Waals surface area contributed by atoms with Crippen LogP contribution in [0, 0.1) is 0 Å². The minimum absolute atomic E-state index is 0.00429. The molecule has 0 saturated carbocycles. The van der Waals surface area contributed by atoms with E-state index >= 15 is 0 Å². The molecular formula is C36H34N4O2. The van der Waals surface area contributed by atoms with Crippen LogP contribution in [-0.2, 0) is 11.8 Å². The molecule has 2 aliphatic heterocycles. The first kappa shape index (κ1) is 26.1. The van der Waals surface area contributed by atoms with Crippen LogP contribution in [0.1, 0.15) is 34.5 Å². The smallest absolute Gasteiger partial charge is 0.255 e. The van der Waals surface area contributed by atoms with Gasteiger partial charge in [0.15, 0.2) is 0 Å². The van der Waals surface area contributed by atoms with Crippen molar-refractivity contribution in [1.82, 2.24) is 14.4 Å². The first-order valence-electron chi connectivity index (χ1n) is 14.7. The lowest BCUT2D eigenvalue weighted by molar-refractivity contribution is -0.136. The Morgan fingerprint density at radius 1 is 0.762 bits per heavy atom. The van der Waals surface area contributed by atoms with Gasteiger partial charge >= 0.3 is 0 Å². The van der Waals surface area contributed by atoms with E-state index in [-0.39, 0.29) is 17.9 Å². The van der Waals surface area contributed by atoms with E-state index < -0.39 is 6.04 Å². The summed E-state index contributed by atoms with van der Waals surface area (Å²) < 4.78 is 2.22. The Bertz CT molecular complexity index is 1770. The van der Waals surface area contributed by atoms with Crippen LogP contribution < -0.4 is 4.90 Å². The van der Waals surface area contributed by atoms with E-state index in [9.17, 15) is 9.59 Å². The first-order valence-corrected chi connectivity index (χ1v) is 14.7. The summed E-state index contributed by atoms with van der Waals surface area (Å²) in [4.78, 5) is 34.4. The lowest BCUT2D eigenvalue weighted by Crippen LogP contribution is -2.55. The Morgan fingerprint density at radius 3 is 2.12 bits per heavy atom. The second-order valence-corrected chi connectivity index (χ2v) is 11.2. The zero-order valence-corrected chi connectivity index (χ0v) is 24.0. The maximum atomic E-state index is 14.2. The van der Waals surface area contributed by atoms with E-state index in [1.165, 1.54) is 5.69 Å².